The maximum Gasteiger partial charge on any atom is 0.231 e. The smallest absolute Gasteiger partial charge is 0.231 e. The van der Waals surface area contributed by atoms with E-state index in [2.05, 4.69) is 44.3 Å². The Morgan fingerprint density at radius 1 is 1.50 bits per heavy atom. The first-order chi connectivity index (χ1) is 8.12. The van der Waals surface area contributed by atoms with Gasteiger partial charge in [0.05, 0.1) is 6.61 Å². The fraction of sp³-hybridized carbons (Fsp3) is 0.667. The van der Waals surface area contributed by atoms with E-state index >= 15 is 0 Å². The summed E-state index contributed by atoms with van der Waals surface area (Å²) in [6, 6.07) is 1.69. The maximum absolute atomic E-state index is 10.8. The Labute approximate surface area is 109 Å². The molecule has 0 radical (unpaired) electrons. The Bertz CT molecular complexity index is 421. The zero-order valence-corrected chi connectivity index (χ0v) is 13.0. The van der Waals surface area contributed by atoms with Crippen molar-refractivity contribution >= 4 is 20.1 Å². The van der Waals surface area contributed by atoms with Crippen molar-refractivity contribution in [2.75, 3.05) is 5.32 Å². The Morgan fingerprint density at radius 2 is 2.11 bits per heavy atom. The monoisotopic (exact) mass is 270 g/mol. The lowest BCUT2D eigenvalue weighted by Gasteiger charge is -2.35. The van der Waals surface area contributed by atoms with Crippen LogP contribution in [-0.2, 0) is 15.8 Å². The van der Waals surface area contributed by atoms with Crippen LogP contribution in [0.4, 0.5) is 5.88 Å². The summed E-state index contributed by atoms with van der Waals surface area (Å²) in [5.74, 6) is 0.180. The van der Waals surface area contributed by atoms with Gasteiger partial charge in [0, 0.05) is 13.0 Å². The van der Waals surface area contributed by atoms with Gasteiger partial charge in [-0.2, -0.15) is 0 Å². The minimum atomic E-state index is -1.78. The number of carbonyl (C=O) groups is 1. The summed E-state index contributed by atoms with van der Waals surface area (Å²) in [7, 11) is -1.78. The third-order valence-electron chi connectivity index (χ3n) is 3.25. The summed E-state index contributed by atoms with van der Waals surface area (Å²) < 4.78 is 11.0. The third-order valence-corrected chi connectivity index (χ3v) is 7.72. The van der Waals surface area contributed by atoms with Gasteiger partial charge in [0.25, 0.3) is 0 Å². The van der Waals surface area contributed by atoms with Crippen molar-refractivity contribution in [1.82, 2.24) is 5.16 Å². The Hall–Kier alpha value is -1.14. The van der Waals surface area contributed by atoms with Crippen LogP contribution in [0.3, 0.4) is 0 Å². The van der Waals surface area contributed by atoms with Gasteiger partial charge in [-0.15, -0.1) is 0 Å². The molecule has 0 saturated carbocycles. The average Bonchev–Trinajstić information content (AvgIpc) is 2.60. The van der Waals surface area contributed by atoms with Crippen LogP contribution in [-0.4, -0.2) is 19.4 Å². The molecule has 18 heavy (non-hydrogen) atoms. The molecule has 0 aliphatic carbocycles. The molecular weight excluding hydrogens is 248 g/mol. The zero-order valence-electron chi connectivity index (χ0n) is 12.0. The number of nitrogens with one attached hydrogen (secondary N) is 1. The molecule has 1 heterocycles. The standard InChI is InChI=1S/C12H22N2O3Si/c1-9(15)13-11-7-10(14-17-11)8-16-18(5,6)12(2,3)4/h7H,8H2,1-6H3,(H,13,15). The highest BCUT2D eigenvalue weighted by molar-refractivity contribution is 6.74. The molecule has 0 atom stereocenters. The van der Waals surface area contributed by atoms with E-state index in [0.717, 1.165) is 0 Å². The van der Waals surface area contributed by atoms with E-state index in [1.807, 2.05) is 0 Å². The second-order valence-electron chi connectivity index (χ2n) is 5.91. The number of amides is 1. The predicted molar refractivity (Wildman–Crippen MR) is 72.8 cm³/mol. The van der Waals surface area contributed by atoms with Gasteiger partial charge in [-0.3, -0.25) is 10.1 Å². The minimum absolute atomic E-state index is 0.164. The molecule has 0 aliphatic heterocycles. The molecule has 1 rings (SSSR count). The van der Waals surface area contributed by atoms with Gasteiger partial charge >= 0.3 is 0 Å². The van der Waals surface area contributed by atoms with E-state index in [4.69, 9.17) is 8.95 Å². The second kappa shape index (κ2) is 5.24. The van der Waals surface area contributed by atoms with Gasteiger partial charge in [-0.1, -0.05) is 25.9 Å². The number of carbonyl (C=O) groups excluding carboxylic acids is 1. The van der Waals surface area contributed by atoms with Gasteiger partial charge in [0.15, 0.2) is 8.32 Å². The van der Waals surface area contributed by atoms with Crippen LogP contribution in [0.25, 0.3) is 0 Å². The van der Waals surface area contributed by atoms with E-state index in [1.54, 1.807) is 6.07 Å². The fourth-order valence-electron chi connectivity index (χ4n) is 1.08. The molecule has 0 aliphatic rings. The van der Waals surface area contributed by atoms with Crippen LogP contribution in [0.5, 0.6) is 0 Å². The Balaban J connectivity index is 2.59. The van der Waals surface area contributed by atoms with E-state index in [9.17, 15) is 4.79 Å². The lowest BCUT2D eigenvalue weighted by Crippen LogP contribution is -2.40. The van der Waals surface area contributed by atoms with Crippen molar-refractivity contribution in [3.8, 4) is 0 Å². The van der Waals surface area contributed by atoms with Crippen molar-refractivity contribution in [1.29, 1.82) is 0 Å². The number of hydrogen-bond donors (Lipinski definition) is 1. The Kier molecular flexibility index (Phi) is 4.34. The quantitative estimate of drug-likeness (QED) is 0.854. The lowest BCUT2D eigenvalue weighted by atomic mass is 10.2. The molecule has 102 valence electrons. The molecule has 1 amide bonds. The highest BCUT2D eigenvalue weighted by Gasteiger charge is 2.37. The molecule has 0 unspecified atom stereocenters. The first-order valence-electron chi connectivity index (χ1n) is 5.99. The molecule has 0 fully saturated rings. The van der Waals surface area contributed by atoms with Crippen molar-refractivity contribution < 1.29 is 13.7 Å². The van der Waals surface area contributed by atoms with E-state index in [1.165, 1.54) is 6.92 Å². The van der Waals surface area contributed by atoms with Crippen LogP contribution >= 0.6 is 0 Å². The fourth-order valence-corrected chi connectivity index (χ4v) is 2.02. The van der Waals surface area contributed by atoms with Crippen LogP contribution in [0.15, 0.2) is 10.6 Å². The molecule has 5 nitrogen and oxygen atoms in total. The molecular formula is C12H22N2O3Si. The number of aromatic nitrogens is 1. The van der Waals surface area contributed by atoms with Crippen LogP contribution in [0.1, 0.15) is 33.4 Å². The van der Waals surface area contributed by atoms with E-state index in [0.29, 0.717) is 18.2 Å². The number of rotatable bonds is 4. The maximum atomic E-state index is 10.8. The van der Waals surface area contributed by atoms with Gasteiger partial charge in [-0.25, -0.2) is 0 Å². The first-order valence-corrected chi connectivity index (χ1v) is 8.90. The molecule has 1 aromatic rings. The normalized spacial score (nSPS) is 12.6. The van der Waals surface area contributed by atoms with Gasteiger partial charge in [0.2, 0.25) is 11.8 Å². The number of nitrogens with zero attached hydrogens (tertiary/aromatic N) is 1. The van der Waals surface area contributed by atoms with Crippen molar-refractivity contribution in [2.45, 2.75) is 52.4 Å². The molecule has 1 aromatic heterocycles. The lowest BCUT2D eigenvalue weighted by molar-refractivity contribution is -0.114. The highest BCUT2D eigenvalue weighted by atomic mass is 28.4. The molecule has 1 N–H and O–H groups in total. The largest absolute Gasteiger partial charge is 0.411 e. The second-order valence-corrected chi connectivity index (χ2v) is 10.7. The molecule has 0 bridgehead atoms. The molecule has 6 heteroatoms. The van der Waals surface area contributed by atoms with Gasteiger partial charge < -0.3 is 8.95 Å². The van der Waals surface area contributed by atoms with Crippen LogP contribution in [0.2, 0.25) is 18.1 Å². The summed E-state index contributed by atoms with van der Waals surface area (Å²) in [6.45, 7) is 12.8. The summed E-state index contributed by atoms with van der Waals surface area (Å²) >= 11 is 0. The Morgan fingerprint density at radius 3 is 2.61 bits per heavy atom. The number of hydrogen-bond acceptors (Lipinski definition) is 4. The van der Waals surface area contributed by atoms with E-state index in [-0.39, 0.29) is 10.9 Å². The minimum Gasteiger partial charge on any atom is -0.411 e. The van der Waals surface area contributed by atoms with E-state index < -0.39 is 8.32 Å². The van der Waals surface area contributed by atoms with Gasteiger partial charge in [-0.05, 0) is 18.1 Å². The predicted octanol–water partition coefficient (Wildman–Crippen LogP) is 3.15. The van der Waals surface area contributed by atoms with Crippen LogP contribution < -0.4 is 5.32 Å². The SMILES string of the molecule is CC(=O)Nc1cc(CO[Si](C)(C)C(C)(C)C)no1. The first kappa shape index (κ1) is 14.9. The molecule has 0 spiro atoms. The average molecular weight is 270 g/mol. The topological polar surface area (TPSA) is 64.4 Å². The van der Waals surface area contributed by atoms with Crippen molar-refractivity contribution in [3.63, 3.8) is 0 Å². The van der Waals surface area contributed by atoms with Crippen LogP contribution in [0, 0.1) is 0 Å². The number of anilines is 1. The summed E-state index contributed by atoms with van der Waals surface area (Å²) in [5.41, 5.74) is 0.698. The van der Waals surface area contributed by atoms with Gasteiger partial charge in [0.1, 0.15) is 5.69 Å². The zero-order chi connectivity index (χ0) is 14.0. The summed E-state index contributed by atoms with van der Waals surface area (Å²) in [6.07, 6.45) is 0. The highest BCUT2D eigenvalue weighted by Crippen LogP contribution is 2.37. The molecule has 0 saturated heterocycles. The third kappa shape index (κ3) is 3.96. The summed E-state index contributed by atoms with van der Waals surface area (Å²) in [5, 5.41) is 6.57. The van der Waals surface area contributed by atoms with Crippen molar-refractivity contribution in [3.05, 3.63) is 11.8 Å². The van der Waals surface area contributed by atoms with Crippen molar-refractivity contribution in [2.24, 2.45) is 0 Å². The molecule has 0 aromatic carbocycles. The summed E-state index contributed by atoms with van der Waals surface area (Å²) in [4.78, 5) is 10.8.